The minimum Gasteiger partial charge on any atom is -0.490 e. The molecular formula is C23H21Br2ClN2O2. The van der Waals surface area contributed by atoms with Crippen molar-refractivity contribution in [1.29, 1.82) is 0 Å². The molecule has 4 nitrogen and oxygen atoms in total. The zero-order valence-corrected chi connectivity index (χ0v) is 20.3. The molecule has 0 radical (unpaired) electrons. The van der Waals surface area contributed by atoms with Gasteiger partial charge in [0.1, 0.15) is 6.61 Å². The van der Waals surface area contributed by atoms with Crippen LogP contribution >= 0.6 is 43.5 Å². The summed E-state index contributed by atoms with van der Waals surface area (Å²) in [7, 11) is 0. The molecule has 0 saturated heterocycles. The minimum atomic E-state index is 0.443. The van der Waals surface area contributed by atoms with E-state index in [1.165, 1.54) is 0 Å². The van der Waals surface area contributed by atoms with Crippen LogP contribution < -0.4 is 14.9 Å². The number of halogens is 3. The molecule has 3 aromatic carbocycles. The monoisotopic (exact) mass is 550 g/mol. The summed E-state index contributed by atoms with van der Waals surface area (Å²) in [4.78, 5) is 0. The van der Waals surface area contributed by atoms with Gasteiger partial charge in [-0.3, -0.25) is 0 Å². The minimum absolute atomic E-state index is 0.443. The highest BCUT2D eigenvalue weighted by Gasteiger charge is 2.12. The Labute approximate surface area is 198 Å². The van der Waals surface area contributed by atoms with Gasteiger partial charge in [0.2, 0.25) is 0 Å². The molecule has 0 aliphatic carbocycles. The van der Waals surface area contributed by atoms with Gasteiger partial charge in [0.25, 0.3) is 0 Å². The standard InChI is InChI=1S/C23H21Br2ClN2O2/c1-2-29-22-12-17(13-27-28-14-18-5-3-4-6-21(18)26)11-20(25)23(22)30-15-16-7-9-19(24)10-8-16/h3-13,28H,2,14-15H2,1H3/b27-13-. The maximum atomic E-state index is 6.16. The van der Waals surface area contributed by atoms with Crippen LogP contribution in [0.2, 0.25) is 5.02 Å². The Morgan fingerprint density at radius 3 is 2.53 bits per heavy atom. The van der Waals surface area contributed by atoms with Gasteiger partial charge in [0.15, 0.2) is 11.5 Å². The summed E-state index contributed by atoms with van der Waals surface area (Å²) in [6, 6.07) is 19.6. The third kappa shape index (κ3) is 6.49. The van der Waals surface area contributed by atoms with Crippen molar-refractivity contribution in [2.24, 2.45) is 5.10 Å². The first-order valence-corrected chi connectivity index (χ1v) is 11.4. The average molecular weight is 553 g/mol. The highest BCUT2D eigenvalue weighted by Crippen LogP contribution is 2.37. The van der Waals surface area contributed by atoms with Crippen LogP contribution in [0.15, 0.2) is 74.7 Å². The number of nitrogens with zero attached hydrogens (tertiary/aromatic N) is 1. The van der Waals surface area contributed by atoms with E-state index in [1.54, 1.807) is 6.21 Å². The second-order valence-corrected chi connectivity index (χ2v) is 8.54. The fourth-order valence-electron chi connectivity index (χ4n) is 2.69. The molecule has 0 aliphatic rings. The smallest absolute Gasteiger partial charge is 0.175 e. The van der Waals surface area contributed by atoms with Gasteiger partial charge in [-0.15, -0.1) is 0 Å². The van der Waals surface area contributed by atoms with Crippen molar-refractivity contribution in [1.82, 2.24) is 5.43 Å². The molecule has 0 atom stereocenters. The van der Waals surface area contributed by atoms with Crippen molar-refractivity contribution < 1.29 is 9.47 Å². The zero-order chi connectivity index (χ0) is 21.3. The van der Waals surface area contributed by atoms with Gasteiger partial charge in [0.05, 0.1) is 23.8 Å². The maximum absolute atomic E-state index is 6.16. The van der Waals surface area contributed by atoms with Crippen molar-refractivity contribution in [3.63, 3.8) is 0 Å². The van der Waals surface area contributed by atoms with Crippen molar-refractivity contribution in [2.45, 2.75) is 20.1 Å². The first-order chi connectivity index (χ1) is 14.6. The van der Waals surface area contributed by atoms with Crippen molar-refractivity contribution >= 4 is 49.7 Å². The molecule has 156 valence electrons. The van der Waals surface area contributed by atoms with Crippen LogP contribution in [0, 0.1) is 0 Å². The van der Waals surface area contributed by atoms with Gasteiger partial charge >= 0.3 is 0 Å². The van der Waals surface area contributed by atoms with E-state index in [-0.39, 0.29) is 0 Å². The molecule has 3 rings (SSSR count). The molecule has 0 bridgehead atoms. The molecule has 7 heteroatoms. The molecule has 3 aromatic rings. The van der Waals surface area contributed by atoms with E-state index in [4.69, 9.17) is 21.1 Å². The van der Waals surface area contributed by atoms with Crippen LogP contribution in [0.3, 0.4) is 0 Å². The largest absolute Gasteiger partial charge is 0.490 e. The number of hydrogen-bond donors (Lipinski definition) is 1. The lowest BCUT2D eigenvalue weighted by molar-refractivity contribution is 0.267. The summed E-state index contributed by atoms with van der Waals surface area (Å²) in [5, 5.41) is 5.01. The fourth-order valence-corrected chi connectivity index (χ4v) is 3.74. The maximum Gasteiger partial charge on any atom is 0.175 e. The lowest BCUT2D eigenvalue weighted by atomic mass is 10.2. The molecule has 0 spiro atoms. The van der Waals surface area contributed by atoms with Crippen molar-refractivity contribution in [3.05, 3.63) is 91.3 Å². The van der Waals surface area contributed by atoms with E-state index in [2.05, 4.69) is 42.4 Å². The quantitative estimate of drug-likeness (QED) is 0.230. The van der Waals surface area contributed by atoms with E-state index in [9.17, 15) is 0 Å². The van der Waals surface area contributed by atoms with E-state index in [0.29, 0.717) is 36.3 Å². The Morgan fingerprint density at radius 1 is 1.03 bits per heavy atom. The van der Waals surface area contributed by atoms with Crippen molar-refractivity contribution in [2.75, 3.05) is 6.61 Å². The summed E-state index contributed by atoms with van der Waals surface area (Å²) in [6.07, 6.45) is 1.74. The summed E-state index contributed by atoms with van der Waals surface area (Å²) in [5.74, 6) is 1.33. The van der Waals surface area contributed by atoms with Crippen molar-refractivity contribution in [3.8, 4) is 11.5 Å². The summed E-state index contributed by atoms with van der Waals surface area (Å²) in [5.41, 5.74) is 5.97. The lowest BCUT2D eigenvalue weighted by Gasteiger charge is -2.15. The van der Waals surface area contributed by atoms with Crippen LogP contribution in [0.5, 0.6) is 11.5 Å². The Balaban J connectivity index is 1.68. The first-order valence-electron chi connectivity index (χ1n) is 9.39. The SMILES string of the molecule is CCOc1cc(/C=N\NCc2ccccc2Cl)cc(Br)c1OCc1ccc(Br)cc1. The highest BCUT2D eigenvalue weighted by molar-refractivity contribution is 9.10. The Hall–Kier alpha value is -2.02. The number of benzene rings is 3. The Bertz CT molecular complexity index is 1010. The lowest BCUT2D eigenvalue weighted by Crippen LogP contribution is -2.06. The number of hydrazone groups is 1. The van der Waals surface area contributed by atoms with Crippen LogP contribution in [0.4, 0.5) is 0 Å². The molecule has 30 heavy (non-hydrogen) atoms. The third-order valence-corrected chi connectivity index (χ3v) is 5.65. The number of nitrogens with one attached hydrogen (secondary N) is 1. The first kappa shape index (κ1) is 22.7. The molecule has 0 fully saturated rings. The molecule has 0 amide bonds. The fraction of sp³-hybridized carbons (Fsp3) is 0.174. The number of rotatable bonds is 9. The molecule has 0 heterocycles. The zero-order valence-electron chi connectivity index (χ0n) is 16.4. The van der Waals surface area contributed by atoms with Crippen LogP contribution in [-0.2, 0) is 13.2 Å². The summed E-state index contributed by atoms with van der Waals surface area (Å²) >= 11 is 13.2. The van der Waals surface area contributed by atoms with Gasteiger partial charge < -0.3 is 14.9 Å². The topological polar surface area (TPSA) is 42.8 Å². The van der Waals surface area contributed by atoms with Crippen LogP contribution in [0.25, 0.3) is 0 Å². The van der Waals surface area contributed by atoms with Gasteiger partial charge in [-0.1, -0.05) is 57.9 Å². The third-order valence-electron chi connectivity index (χ3n) is 4.16. The van der Waals surface area contributed by atoms with E-state index in [0.717, 1.165) is 25.6 Å². The summed E-state index contributed by atoms with van der Waals surface area (Å²) < 4.78 is 13.7. The van der Waals surface area contributed by atoms with Gasteiger partial charge in [-0.2, -0.15) is 5.10 Å². The molecule has 1 N–H and O–H groups in total. The number of hydrogen-bond acceptors (Lipinski definition) is 4. The second kappa shape index (κ2) is 11.4. The van der Waals surface area contributed by atoms with Gasteiger partial charge in [0, 0.05) is 9.50 Å². The molecule has 0 unspecified atom stereocenters. The molecule has 0 aliphatic heterocycles. The summed E-state index contributed by atoms with van der Waals surface area (Å²) in [6.45, 7) is 3.47. The van der Waals surface area contributed by atoms with Crippen LogP contribution in [-0.4, -0.2) is 12.8 Å². The van der Waals surface area contributed by atoms with Gasteiger partial charge in [-0.25, -0.2) is 0 Å². The molecular weight excluding hydrogens is 532 g/mol. The Kier molecular flexibility index (Phi) is 8.61. The van der Waals surface area contributed by atoms with E-state index < -0.39 is 0 Å². The predicted molar refractivity (Wildman–Crippen MR) is 130 cm³/mol. The molecule has 0 aromatic heterocycles. The highest BCUT2D eigenvalue weighted by atomic mass is 79.9. The normalized spacial score (nSPS) is 10.9. The predicted octanol–water partition coefficient (Wildman–Crippen LogP) is 6.97. The average Bonchev–Trinajstić information content (AvgIpc) is 2.73. The van der Waals surface area contributed by atoms with Gasteiger partial charge in [-0.05, 0) is 69.9 Å². The van der Waals surface area contributed by atoms with E-state index >= 15 is 0 Å². The van der Waals surface area contributed by atoms with Crippen LogP contribution in [0.1, 0.15) is 23.6 Å². The second-order valence-electron chi connectivity index (χ2n) is 6.36. The van der Waals surface area contributed by atoms with E-state index in [1.807, 2.05) is 67.6 Å². The molecule has 0 saturated carbocycles. The Morgan fingerprint density at radius 2 is 1.80 bits per heavy atom. The number of ether oxygens (including phenoxy) is 2.